The SMILES string of the molecule is CCCNCc1ncc(-c2sccc2C)o1. The fourth-order valence-electron chi connectivity index (χ4n) is 1.49. The fraction of sp³-hybridized carbons (Fsp3) is 0.417. The van der Waals surface area contributed by atoms with Crippen LogP contribution in [0.4, 0.5) is 0 Å². The Morgan fingerprint density at radius 2 is 2.38 bits per heavy atom. The Morgan fingerprint density at radius 3 is 3.06 bits per heavy atom. The molecule has 0 amide bonds. The van der Waals surface area contributed by atoms with Gasteiger partial charge in [0, 0.05) is 0 Å². The smallest absolute Gasteiger partial charge is 0.208 e. The molecular formula is C12H16N2OS. The predicted octanol–water partition coefficient (Wildman–Crippen LogP) is 3.21. The molecule has 0 bridgehead atoms. The molecule has 0 saturated carbocycles. The number of oxazole rings is 1. The molecule has 2 aromatic rings. The van der Waals surface area contributed by atoms with Gasteiger partial charge in [0.1, 0.15) is 0 Å². The zero-order chi connectivity index (χ0) is 11.4. The van der Waals surface area contributed by atoms with Crippen LogP contribution in [0.2, 0.25) is 0 Å². The molecule has 0 aliphatic rings. The lowest BCUT2D eigenvalue weighted by Gasteiger charge is -1.97. The van der Waals surface area contributed by atoms with Crippen molar-refractivity contribution in [2.24, 2.45) is 0 Å². The highest BCUT2D eigenvalue weighted by atomic mass is 32.1. The van der Waals surface area contributed by atoms with Gasteiger partial charge in [0.2, 0.25) is 5.89 Å². The molecule has 2 rings (SSSR count). The van der Waals surface area contributed by atoms with E-state index in [0.29, 0.717) is 6.54 Å². The Hall–Kier alpha value is -1.13. The molecule has 0 aromatic carbocycles. The molecule has 2 heterocycles. The van der Waals surface area contributed by atoms with Gasteiger partial charge in [-0.1, -0.05) is 6.92 Å². The molecule has 0 aliphatic heterocycles. The number of rotatable bonds is 5. The summed E-state index contributed by atoms with van der Waals surface area (Å²) in [5.41, 5.74) is 1.24. The summed E-state index contributed by atoms with van der Waals surface area (Å²) in [5, 5.41) is 5.34. The highest BCUT2D eigenvalue weighted by molar-refractivity contribution is 7.13. The van der Waals surface area contributed by atoms with E-state index in [1.807, 2.05) is 6.20 Å². The van der Waals surface area contributed by atoms with Crippen LogP contribution in [0.15, 0.2) is 22.1 Å². The average molecular weight is 236 g/mol. The number of nitrogens with zero attached hydrogens (tertiary/aromatic N) is 1. The summed E-state index contributed by atoms with van der Waals surface area (Å²) in [4.78, 5) is 5.44. The van der Waals surface area contributed by atoms with Crippen LogP contribution in [-0.2, 0) is 6.54 Å². The Bertz CT molecular complexity index is 447. The fourth-order valence-corrected chi connectivity index (χ4v) is 2.37. The summed E-state index contributed by atoms with van der Waals surface area (Å²) in [6, 6.07) is 2.09. The summed E-state index contributed by atoms with van der Waals surface area (Å²) in [6.07, 6.45) is 2.93. The van der Waals surface area contributed by atoms with Crippen molar-refractivity contribution in [2.75, 3.05) is 6.54 Å². The highest BCUT2D eigenvalue weighted by Gasteiger charge is 2.09. The summed E-state index contributed by atoms with van der Waals surface area (Å²) in [5.74, 6) is 1.64. The molecule has 0 radical (unpaired) electrons. The zero-order valence-electron chi connectivity index (χ0n) is 9.62. The Morgan fingerprint density at radius 1 is 1.50 bits per heavy atom. The van der Waals surface area contributed by atoms with E-state index in [4.69, 9.17) is 4.42 Å². The van der Waals surface area contributed by atoms with Crippen molar-refractivity contribution in [1.29, 1.82) is 0 Å². The van der Waals surface area contributed by atoms with E-state index in [9.17, 15) is 0 Å². The minimum Gasteiger partial charge on any atom is -0.438 e. The van der Waals surface area contributed by atoms with Gasteiger partial charge in [0.05, 0.1) is 17.6 Å². The van der Waals surface area contributed by atoms with E-state index in [2.05, 4.69) is 35.6 Å². The van der Waals surface area contributed by atoms with Crippen LogP contribution in [-0.4, -0.2) is 11.5 Å². The van der Waals surface area contributed by atoms with Crippen LogP contribution in [0.3, 0.4) is 0 Å². The first-order valence-corrected chi connectivity index (χ1v) is 6.39. The van der Waals surface area contributed by atoms with E-state index < -0.39 is 0 Å². The van der Waals surface area contributed by atoms with Gasteiger partial charge in [-0.2, -0.15) is 0 Å². The van der Waals surface area contributed by atoms with Gasteiger partial charge >= 0.3 is 0 Å². The maximum absolute atomic E-state index is 5.69. The van der Waals surface area contributed by atoms with E-state index in [-0.39, 0.29) is 0 Å². The van der Waals surface area contributed by atoms with Gasteiger partial charge in [-0.15, -0.1) is 11.3 Å². The minimum atomic E-state index is 0.707. The maximum atomic E-state index is 5.69. The van der Waals surface area contributed by atoms with Gasteiger partial charge < -0.3 is 9.73 Å². The Kier molecular flexibility index (Phi) is 3.74. The lowest BCUT2D eigenvalue weighted by Crippen LogP contribution is -2.13. The van der Waals surface area contributed by atoms with Gasteiger partial charge in [0.25, 0.3) is 0 Å². The summed E-state index contributed by atoms with van der Waals surface area (Å²) in [7, 11) is 0. The van der Waals surface area contributed by atoms with Gasteiger partial charge in [0.15, 0.2) is 5.76 Å². The average Bonchev–Trinajstić information content (AvgIpc) is 2.87. The number of thiophene rings is 1. The number of aryl methyl sites for hydroxylation is 1. The summed E-state index contributed by atoms with van der Waals surface area (Å²) in [6.45, 7) is 5.93. The first kappa shape index (κ1) is 11.4. The van der Waals surface area contributed by atoms with E-state index in [1.54, 1.807) is 11.3 Å². The van der Waals surface area contributed by atoms with Gasteiger partial charge in [-0.3, -0.25) is 0 Å². The quantitative estimate of drug-likeness (QED) is 0.810. The second-order valence-electron chi connectivity index (χ2n) is 3.73. The van der Waals surface area contributed by atoms with Gasteiger partial charge in [-0.05, 0) is 36.9 Å². The van der Waals surface area contributed by atoms with Crippen LogP contribution >= 0.6 is 11.3 Å². The molecule has 0 unspecified atom stereocenters. The molecule has 0 aliphatic carbocycles. The van der Waals surface area contributed by atoms with Gasteiger partial charge in [-0.25, -0.2) is 4.98 Å². The zero-order valence-corrected chi connectivity index (χ0v) is 10.4. The number of aromatic nitrogens is 1. The van der Waals surface area contributed by atoms with E-state index in [0.717, 1.165) is 24.6 Å². The largest absolute Gasteiger partial charge is 0.438 e. The molecule has 0 saturated heterocycles. The molecule has 0 spiro atoms. The molecule has 0 fully saturated rings. The monoisotopic (exact) mass is 236 g/mol. The third kappa shape index (κ3) is 2.51. The normalized spacial score (nSPS) is 10.9. The Balaban J connectivity index is 2.05. The lowest BCUT2D eigenvalue weighted by molar-refractivity contribution is 0.478. The maximum Gasteiger partial charge on any atom is 0.208 e. The number of hydrogen-bond acceptors (Lipinski definition) is 4. The molecule has 2 aromatic heterocycles. The number of nitrogens with one attached hydrogen (secondary N) is 1. The Labute approximate surface area is 99.5 Å². The van der Waals surface area contributed by atoms with Crippen molar-refractivity contribution in [2.45, 2.75) is 26.8 Å². The molecule has 16 heavy (non-hydrogen) atoms. The second kappa shape index (κ2) is 5.27. The molecule has 4 heteroatoms. The molecular weight excluding hydrogens is 220 g/mol. The van der Waals surface area contributed by atoms with Crippen molar-refractivity contribution < 1.29 is 4.42 Å². The van der Waals surface area contributed by atoms with Crippen molar-refractivity contribution in [3.05, 3.63) is 29.1 Å². The summed E-state index contributed by atoms with van der Waals surface area (Å²) >= 11 is 1.69. The third-order valence-corrected chi connectivity index (χ3v) is 3.37. The van der Waals surface area contributed by atoms with Crippen molar-refractivity contribution >= 4 is 11.3 Å². The van der Waals surface area contributed by atoms with E-state index in [1.165, 1.54) is 10.4 Å². The molecule has 86 valence electrons. The first-order valence-electron chi connectivity index (χ1n) is 5.51. The topological polar surface area (TPSA) is 38.1 Å². The number of hydrogen-bond donors (Lipinski definition) is 1. The predicted molar refractivity (Wildman–Crippen MR) is 66.6 cm³/mol. The van der Waals surface area contributed by atoms with Crippen molar-refractivity contribution in [3.8, 4) is 10.6 Å². The molecule has 0 atom stereocenters. The van der Waals surface area contributed by atoms with Crippen LogP contribution in [0, 0.1) is 6.92 Å². The van der Waals surface area contributed by atoms with Crippen LogP contribution < -0.4 is 5.32 Å². The second-order valence-corrected chi connectivity index (χ2v) is 4.64. The molecule has 1 N–H and O–H groups in total. The van der Waals surface area contributed by atoms with Crippen molar-refractivity contribution in [3.63, 3.8) is 0 Å². The first-order chi connectivity index (χ1) is 7.81. The minimum absolute atomic E-state index is 0.707. The summed E-state index contributed by atoms with van der Waals surface area (Å²) < 4.78 is 5.69. The molecule has 3 nitrogen and oxygen atoms in total. The highest BCUT2D eigenvalue weighted by Crippen LogP contribution is 2.29. The van der Waals surface area contributed by atoms with Crippen LogP contribution in [0.25, 0.3) is 10.6 Å². The van der Waals surface area contributed by atoms with Crippen LogP contribution in [0.5, 0.6) is 0 Å². The van der Waals surface area contributed by atoms with Crippen LogP contribution in [0.1, 0.15) is 24.8 Å². The standard InChI is InChI=1S/C12H16N2OS/c1-3-5-13-8-11-14-7-10(15-11)12-9(2)4-6-16-12/h4,6-7,13H,3,5,8H2,1-2H3. The van der Waals surface area contributed by atoms with Crippen molar-refractivity contribution in [1.82, 2.24) is 10.3 Å². The third-order valence-electron chi connectivity index (χ3n) is 2.34. The van der Waals surface area contributed by atoms with E-state index >= 15 is 0 Å². The lowest BCUT2D eigenvalue weighted by atomic mass is 10.2.